The number of amides is 2. The third-order valence-corrected chi connectivity index (χ3v) is 6.54. The molecule has 1 saturated heterocycles. The number of halogens is 4. The van der Waals surface area contributed by atoms with E-state index in [2.05, 4.69) is 15.7 Å². The zero-order valence-electron chi connectivity index (χ0n) is 20.9. The molecule has 4 rings (SSSR count). The van der Waals surface area contributed by atoms with Gasteiger partial charge in [0, 0.05) is 44.3 Å². The number of anilines is 1. The van der Waals surface area contributed by atoms with E-state index in [0.717, 1.165) is 6.07 Å². The van der Waals surface area contributed by atoms with Crippen molar-refractivity contribution in [3.05, 3.63) is 77.0 Å². The quantitative estimate of drug-likeness (QED) is 0.363. The number of likely N-dealkylation sites (tertiary alicyclic amines) is 1. The van der Waals surface area contributed by atoms with Crippen LogP contribution in [0.4, 0.5) is 28.2 Å². The number of aromatic nitrogens is 2. The normalized spacial score (nSPS) is 18.1. The molecule has 1 aliphatic heterocycles. The van der Waals surface area contributed by atoms with Gasteiger partial charge in [-0.3, -0.25) is 10.2 Å². The Morgan fingerprint density at radius 2 is 1.84 bits per heavy atom. The average Bonchev–Trinajstić information content (AvgIpc) is 3.43. The minimum absolute atomic E-state index is 0.000545. The Morgan fingerprint density at radius 3 is 2.47 bits per heavy atom. The number of hydrogen-bond donors (Lipinski definition) is 3. The van der Waals surface area contributed by atoms with Crippen LogP contribution >= 0.6 is 0 Å². The van der Waals surface area contributed by atoms with Crippen molar-refractivity contribution < 1.29 is 32.2 Å². The molecular weight excluding hydrogens is 506 g/mol. The average molecular weight is 536 g/mol. The van der Waals surface area contributed by atoms with Crippen LogP contribution in [0.25, 0.3) is 5.69 Å². The summed E-state index contributed by atoms with van der Waals surface area (Å²) in [5.74, 6) is -5.51. The number of methoxy groups -OCH3 is 1. The van der Waals surface area contributed by atoms with Crippen molar-refractivity contribution in [2.45, 2.75) is 24.8 Å². The molecule has 2 aromatic carbocycles. The number of nitrogens with zero attached hydrogens (tertiary/aromatic N) is 3. The maximum Gasteiger partial charge on any atom is 0.320 e. The van der Waals surface area contributed by atoms with Gasteiger partial charge in [0.2, 0.25) is 0 Å². The van der Waals surface area contributed by atoms with Gasteiger partial charge >= 0.3 is 12.0 Å². The van der Waals surface area contributed by atoms with Gasteiger partial charge in [0.15, 0.2) is 0 Å². The molecule has 1 fully saturated rings. The number of ether oxygens (including phenoxy) is 1. The van der Waals surface area contributed by atoms with Crippen molar-refractivity contribution in [3.63, 3.8) is 0 Å². The molecule has 0 radical (unpaired) electrons. The van der Waals surface area contributed by atoms with Crippen molar-refractivity contribution >= 4 is 11.8 Å². The highest BCUT2D eigenvalue weighted by atomic mass is 19.3. The first-order valence-corrected chi connectivity index (χ1v) is 12.0. The van der Waals surface area contributed by atoms with Gasteiger partial charge in [0.05, 0.1) is 18.3 Å². The standard InChI is InChI=1S/C26H29F4N5O3/c1-16-23(26(29,30)15-36)33-35(20-6-4-3-5-7-20)24(16)32-25(37)31-22-14-34(8-9-38-2)13-21(22)17-10-18(27)12-19(28)11-17/h3-7,10-12,21-22,36H,8-9,13-15H2,1-2H3,(H2,31,32,37). The van der Waals surface area contributed by atoms with E-state index >= 15 is 0 Å². The van der Waals surface area contributed by atoms with E-state index in [0.29, 0.717) is 37.5 Å². The van der Waals surface area contributed by atoms with Gasteiger partial charge < -0.3 is 15.2 Å². The van der Waals surface area contributed by atoms with Crippen LogP contribution in [-0.2, 0) is 10.7 Å². The number of carbonyl (C=O) groups excluding carboxylic acids is 1. The van der Waals surface area contributed by atoms with Gasteiger partial charge in [-0.15, -0.1) is 0 Å². The van der Waals surface area contributed by atoms with Crippen molar-refractivity contribution in [2.24, 2.45) is 0 Å². The lowest BCUT2D eigenvalue weighted by Gasteiger charge is -2.21. The molecule has 12 heteroatoms. The molecule has 2 heterocycles. The molecule has 38 heavy (non-hydrogen) atoms. The topological polar surface area (TPSA) is 91.7 Å². The molecular formula is C26H29F4N5O3. The number of rotatable bonds is 9. The zero-order chi connectivity index (χ0) is 27.4. The highest BCUT2D eigenvalue weighted by Gasteiger charge is 2.39. The fourth-order valence-electron chi connectivity index (χ4n) is 4.69. The fourth-order valence-corrected chi connectivity index (χ4v) is 4.69. The van der Waals surface area contributed by atoms with Crippen molar-refractivity contribution in [3.8, 4) is 5.69 Å². The summed E-state index contributed by atoms with van der Waals surface area (Å²) in [6, 6.07) is 10.4. The highest BCUT2D eigenvalue weighted by Crippen LogP contribution is 2.34. The number of aliphatic hydroxyl groups is 1. The van der Waals surface area contributed by atoms with Crippen molar-refractivity contribution in [2.75, 3.05) is 45.3 Å². The number of alkyl halides is 2. The lowest BCUT2D eigenvalue weighted by Crippen LogP contribution is -2.42. The minimum atomic E-state index is -3.63. The monoisotopic (exact) mass is 535 g/mol. The lowest BCUT2D eigenvalue weighted by molar-refractivity contribution is -0.0599. The number of hydrogen-bond acceptors (Lipinski definition) is 5. The summed E-state index contributed by atoms with van der Waals surface area (Å²) in [5.41, 5.74) is 0.132. The second-order valence-corrected chi connectivity index (χ2v) is 9.20. The summed E-state index contributed by atoms with van der Waals surface area (Å²) in [4.78, 5) is 15.2. The van der Waals surface area contributed by atoms with Gasteiger partial charge in [0.1, 0.15) is 29.8 Å². The highest BCUT2D eigenvalue weighted by molar-refractivity contribution is 5.90. The number of para-hydroxylation sites is 1. The van der Waals surface area contributed by atoms with E-state index in [9.17, 15) is 27.5 Å². The number of benzene rings is 2. The molecule has 1 aromatic heterocycles. The van der Waals surface area contributed by atoms with Gasteiger partial charge in [-0.2, -0.15) is 13.9 Å². The Kier molecular flexibility index (Phi) is 8.34. The first kappa shape index (κ1) is 27.6. The Bertz CT molecular complexity index is 1250. The fraction of sp³-hybridized carbons (Fsp3) is 0.385. The Hall–Kier alpha value is -3.48. The van der Waals surface area contributed by atoms with Crippen LogP contribution in [0.5, 0.6) is 0 Å². The van der Waals surface area contributed by atoms with Crippen LogP contribution in [0.2, 0.25) is 0 Å². The van der Waals surface area contributed by atoms with Gasteiger partial charge in [-0.25, -0.2) is 18.3 Å². The molecule has 0 spiro atoms. The maximum atomic E-state index is 14.4. The minimum Gasteiger partial charge on any atom is -0.390 e. The number of carbonyl (C=O) groups is 1. The van der Waals surface area contributed by atoms with E-state index in [1.54, 1.807) is 37.4 Å². The predicted molar refractivity (Wildman–Crippen MR) is 133 cm³/mol. The molecule has 2 atom stereocenters. The van der Waals surface area contributed by atoms with Gasteiger partial charge in [-0.05, 0) is 36.8 Å². The SMILES string of the molecule is COCCN1CC(NC(=O)Nc2c(C)c(C(F)(F)CO)nn2-c2ccccc2)C(c2cc(F)cc(F)c2)C1. The number of urea groups is 1. The summed E-state index contributed by atoms with van der Waals surface area (Å²) < 4.78 is 63.1. The van der Waals surface area contributed by atoms with Crippen LogP contribution in [-0.4, -0.2) is 71.8 Å². The molecule has 204 valence electrons. The Morgan fingerprint density at radius 1 is 1.16 bits per heavy atom. The molecule has 2 amide bonds. The third kappa shape index (κ3) is 5.98. The van der Waals surface area contributed by atoms with E-state index in [1.807, 2.05) is 4.90 Å². The van der Waals surface area contributed by atoms with E-state index in [4.69, 9.17) is 4.74 Å². The second-order valence-electron chi connectivity index (χ2n) is 9.20. The van der Waals surface area contributed by atoms with E-state index < -0.39 is 47.8 Å². The van der Waals surface area contributed by atoms with Gasteiger partial charge in [0.25, 0.3) is 0 Å². The molecule has 1 aliphatic rings. The van der Waals surface area contributed by atoms with Crippen molar-refractivity contribution in [1.82, 2.24) is 20.0 Å². The first-order valence-electron chi connectivity index (χ1n) is 12.0. The summed E-state index contributed by atoms with van der Waals surface area (Å²) in [6.07, 6.45) is 0. The van der Waals surface area contributed by atoms with Crippen molar-refractivity contribution in [1.29, 1.82) is 0 Å². The zero-order valence-corrected chi connectivity index (χ0v) is 20.9. The number of nitrogens with one attached hydrogen (secondary N) is 2. The van der Waals surface area contributed by atoms with Crippen LogP contribution in [0.3, 0.4) is 0 Å². The summed E-state index contributed by atoms with van der Waals surface area (Å²) in [5, 5.41) is 18.7. The number of aliphatic hydroxyl groups excluding tert-OH is 1. The largest absolute Gasteiger partial charge is 0.390 e. The smallest absolute Gasteiger partial charge is 0.320 e. The van der Waals surface area contributed by atoms with Crippen LogP contribution in [0.1, 0.15) is 22.7 Å². The van der Waals surface area contributed by atoms with Crippen LogP contribution in [0, 0.1) is 18.6 Å². The molecule has 0 bridgehead atoms. The van der Waals surface area contributed by atoms with Crippen LogP contribution < -0.4 is 10.6 Å². The van der Waals surface area contributed by atoms with E-state index in [-0.39, 0.29) is 11.4 Å². The molecule has 0 saturated carbocycles. The van der Waals surface area contributed by atoms with E-state index in [1.165, 1.54) is 23.7 Å². The molecule has 8 nitrogen and oxygen atoms in total. The summed E-state index contributed by atoms with van der Waals surface area (Å²) in [7, 11) is 1.56. The first-order chi connectivity index (χ1) is 18.1. The van der Waals surface area contributed by atoms with Crippen LogP contribution in [0.15, 0.2) is 48.5 Å². The lowest BCUT2D eigenvalue weighted by atomic mass is 9.94. The maximum absolute atomic E-state index is 14.4. The summed E-state index contributed by atoms with van der Waals surface area (Å²) >= 11 is 0. The third-order valence-electron chi connectivity index (χ3n) is 6.54. The second kappa shape index (κ2) is 11.5. The Labute approximate surface area is 217 Å². The molecule has 2 unspecified atom stereocenters. The molecule has 3 aromatic rings. The Balaban J connectivity index is 1.61. The van der Waals surface area contributed by atoms with Gasteiger partial charge in [-0.1, -0.05) is 18.2 Å². The molecule has 0 aliphatic carbocycles. The molecule has 3 N–H and O–H groups in total. The summed E-state index contributed by atoms with van der Waals surface area (Å²) in [6.45, 7) is 1.71. The predicted octanol–water partition coefficient (Wildman–Crippen LogP) is 3.78.